The molecule has 0 saturated carbocycles. The van der Waals surface area contributed by atoms with E-state index in [1.807, 2.05) is 30.3 Å². The minimum absolute atomic E-state index is 0.103. The smallest absolute Gasteiger partial charge is 0.363 e. The Morgan fingerprint density at radius 3 is 2.65 bits per heavy atom. The van der Waals surface area contributed by atoms with Crippen molar-refractivity contribution in [1.82, 2.24) is 9.78 Å². The fourth-order valence-corrected chi connectivity index (χ4v) is 2.54. The van der Waals surface area contributed by atoms with E-state index in [4.69, 9.17) is 9.15 Å². The van der Waals surface area contributed by atoms with Crippen molar-refractivity contribution in [3.8, 4) is 11.3 Å². The van der Waals surface area contributed by atoms with E-state index in [9.17, 15) is 9.59 Å². The lowest BCUT2D eigenvalue weighted by Crippen LogP contribution is -2.05. The van der Waals surface area contributed by atoms with E-state index in [-0.39, 0.29) is 17.5 Å². The minimum atomic E-state index is -0.592. The molecule has 0 amide bonds. The number of aliphatic imine (C=N–C) groups is 1. The first-order valence-corrected chi connectivity index (χ1v) is 7.84. The number of carbonyl (C=O) groups excluding carboxylic acids is 2. The second-order valence-electron chi connectivity index (χ2n) is 5.58. The van der Waals surface area contributed by atoms with Crippen LogP contribution in [0.25, 0.3) is 17.3 Å². The van der Waals surface area contributed by atoms with Gasteiger partial charge in [-0.15, -0.1) is 0 Å². The number of nitrogens with zero attached hydrogens (tertiary/aromatic N) is 3. The van der Waals surface area contributed by atoms with Crippen molar-refractivity contribution in [3.63, 3.8) is 0 Å². The van der Waals surface area contributed by atoms with Gasteiger partial charge in [0.15, 0.2) is 11.5 Å². The van der Waals surface area contributed by atoms with Crippen LogP contribution in [-0.4, -0.2) is 27.6 Å². The molecule has 26 heavy (non-hydrogen) atoms. The highest BCUT2D eigenvalue weighted by atomic mass is 16.6. The Labute approximate surface area is 148 Å². The highest BCUT2D eigenvalue weighted by molar-refractivity contribution is 6.12. The van der Waals surface area contributed by atoms with Crippen LogP contribution < -0.4 is 0 Å². The van der Waals surface area contributed by atoms with E-state index in [1.165, 1.54) is 17.9 Å². The Hall–Kier alpha value is -3.74. The van der Waals surface area contributed by atoms with Crippen LogP contribution >= 0.6 is 0 Å². The molecule has 3 heterocycles. The van der Waals surface area contributed by atoms with Crippen LogP contribution in [0, 0.1) is 0 Å². The van der Waals surface area contributed by atoms with E-state index in [0.717, 1.165) is 5.56 Å². The van der Waals surface area contributed by atoms with Crippen LogP contribution in [0.15, 0.2) is 70.0 Å². The predicted molar refractivity (Wildman–Crippen MR) is 93.3 cm³/mol. The Morgan fingerprint density at radius 2 is 1.96 bits per heavy atom. The molecule has 0 saturated heterocycles. The van der Waals surface area contributed by atoms with Gasteiger partial charge in [-0.1, -0.05) is 30.3 Å². The lowest BCUT2D eigenvalue weighted by Gasteiger charge is -1.98. The van der Waals surface area contributed by atoms with Gasteiger partial charge in [0.25, 0.3) is 5.90 Å². The van der Waals surface area contributed by atoms with E-state index in [0.29, 0.717) is 17.0 Å². The fourth-order valence-electron chi connectivity index (χ4n) is 2.54. The molecule has 0 unspecified atom stereocenters. The van der Waals surface area contributed by atoms with Crippen molar-refractivity contribution in [3.05, 3.63) is 71.9 Å². The molecule has 1 aliphatic rings. The summed E-state index contributed by atoms with van der Waals surface area (Å²) in [5.74, 6) is -0.359. The lowest BCUT2D eigenvalue weighted by molar-refractivity contribution is -0.130. The molecule has 4 rings (SSSR count). The summed E-state index contributed by atoms with van der Waals surface area (Å²) >= 11 is 0. The number of furan rings is 1. The predicted octanol–water partition coefficient (Wildman–Crippen LogP) is 3.15. The van der Waals surface area contributed by atoms with Crippen molar-refractivity contribution in [1.29, 1.82) is 0 Å². The molecule has 1 aliphatic heterocycles. The number of aromatic nitrogens is 2. The monoisotopic (exact) mass is 347 g/mol. The molecule has 0 atom stereocenters. The molecule has 0 aliphatic carbocycles. The zero-order chi connectivity index (χ0) is 18.1. The third-order valence-corrected chi connectivity index (χ3v) is 3.76. The first-order valence-electron chi connectivity index (χ1n) is 7.84. The standard InChI is InChI=1S/C19H13N3O4/c1-12(23)22-11-14(17(21-22)13-6-3-2-4-7-13)10-15-19(24)26-18(20-15)16-8-5-9-25-16/h2-11H,1H3/b15-10-. The summed E-state index contributed by atoms with van der Waals surface area (Å²) < 4.78 is 11.6. The largest absolute Gasteiger partial charge is 0.459 e. The summed E-state index contributed by atoms with van der Waals surface area (Å²) in [5.41, 5.74) is 2.09. The molecule has 0 fully saturated rings. The van der Waals surface area contributed by atoms with Gasteiger partial charge in [-0.2, -0.15) is 5.10 Å². The number of ether oxygens (including phenoxy) is 1. The molecule has 2 aromatic heterocycles. The minimum Gasteiger partial charge on any atom is -0.459 e. The average Bonchev–Trinajstić information content (AvgIpc) is 3.37. The van der Waals surface area contributed by atoms with Crippen molar-refractivity contribution in [2.24, 2.45) is 4.99 Å². The van der Waals surface area contributed by atoms with E-state index in [1.54, 1.807) is 24.4 Å². The Balaban J connectivity index is 1.79. The molecule has 0 radical (unpaired) electrons. The number of rotatable bonds is 3. The van der Waals surface area contributed by atoms with Crippen LogP contribution in [0.5, 0.6) is 0 Å². The van der Waals surface area contributed by atoms with Gasteiger partial charge in [-0.25, -0.2) is 14.5 Å². The molecule has 7 nitrogen and oxygen atoms in total. The first-order chi connectivity index (χ1) is 12.6. The number of carbonyl (C=O) groups is 2. The van der Waals surface area contributed by atoms with Gasteiger partial charge in [0, 0.05) is 24.2 Å². The van der Waals surface area contributed by atoms with Gasteiger partial charge in [0.2, 0.25) is 5.91 Å². The van der Waals surface area contributed by atoms with Crippen LogP contribution in [0.3, 0.4) is 0 Å². The van der Waals surface area contributed by atoms with Gasteiger partial charge >= 0.3 is 5.97 Å². The highest BCUT2D eigenvalue weighted by Crippen LogP contribution is 2.26. The Kier molecular flexibility index (Phi) is 3.81. The number of cyclic esters (lactones) is 1. The van der Waals surface area contributed by atoms with Crippen molar-refractivity contribution in [2.45, 2.75) is 6.92 Å². The zero-order valence-electron chi connectivity index (χ0n) is 13.7. The number of esters is 1. The van der Waals surface area contributed by atoms with Crippen molar-refractivity contribution >= 4 is 23.9 Å². The van der Waals surface area contributed by atoms with Crippen LogP contribution in [-0.2, 0) is 9.53 Å². The van der Waals surface area contributed by atoms with Crippen LogP contribution in [0.4, 0.5) is 0 Å². The maximum absolute atomic E-state index is 12.1. The quantitative estimate of drug-likeness (QED) is 0.536. The summed E-state index contributed by atoms with van der Waals surface area (Å²) in [6.07, 6.45) is 4.58. The van der Waals surface area contributed by atoms with E-state index < -0.39 is 5.97 Å². The second-order valence-corrected chi connectivity index (χ2v) is 5.58. The van der Waals surface area contributed by atoms with Crippen molar-refractivity contribution in [2.75, 3.05) is 0 Å². The molecular weight excluding hydrogens is 334 g/mol. The summed E-state index contributed by atoms with van der Waals surface area (Å²) in [6.45, 7) is 1.41. The molecule has 128 valence electrons. The van der Waals surface area contributed by atoms with Gasteiger partial charge in [-0.3, -0.25) is 4.79 Å². The third kappa shape index (κ3) is 2.86. The van der Waals surface area contributed by atoms with Crippen LogP contribution in [0.2, 0.25) is 0 Å². The van der Waals surface area contributed by atoms with Gasteiger partial charge < -0.3 is 9.15 Å². The summed E-state index contributed by atoms with van der Waals surface area (Å²) in [6, 6.07) is 12.7. The molecule has 3 aromatic rings. The summed E-state index contributed by atoms with van der Waals surface area (Å²) in [7, 11) is 0. The molecule has 0 N–H and O–H groups in total. The van der Waals surface area contributed by atoms with Gasteiger partial charge in [0.1, 0.15) is 5.69 Å². The lowest BCUT2D eigenvalue weighted by atomic mass is 10.1. The number of benzene rings is 1. The molecule has 7 heteroatoms. The Bertz CT molecular complexity index is 1040. The third-order valence-electron chi connectivity index (χ3n) is 3.76. The van der Waals surface area contributed by atoms with Gasteiger partial charge in [-0.05, 0) is 18.2 Å². The molecular formula is C19H13N3O4. The normalized spacial score (nSPS) is 15.2. The van der Waals surface area contributed by atoms with E-state index >= 15 is 0 Å². The number of hydrogen-bond donors (Lipinski definition) is 0. The average molecular weight is 347 g/mol. The highest BCUT2D eigenvalue weighted by Gasteiger charge is 2.26. The molecule has 1 aromatic carbocycles. The maximum atomic E-state index is 12.1. The second kappa shape index (κ2) is 6.29. The SMILES string of the molecule is CC(=O)n1cc(/C=C2\N=C(c3ccco3)OC2=O)c(-c2ccccc2)n1. The maximum Gasteiger partial charge on any atom is 0.363 e. The van der Waals surface area contributed by atoms with Crippen LogP contribution in [0.1, 0.15) is 23.0 Å². The fraction of sp³-hybridized carbons (Fsp3) is 0.0526. The zero-order valence-corrected chi connectivity index (χ0v) is 13.7. The van der Waals surface area contributed by atoms with Crippen molar-refractivity contribution < 1.29 is 18.7 Å². The topological polar surface area (TPSA) is 86.7 Å². The summed E-state index contributed by atoms with van der Waals surface area (Å²) in [5, 5.41) is 4.32. The molecule has 0 bridgehead atoms. The molecule has 0 spiro atoms. The van der Waals surface area contributed by atoms with E-state index in [2.05, 4.69) is 10.1 Å². The summed E-state index contributed by atoms with van der Waals surface area (Å²) in [4.78, 5) is 28.0. The Morgan fingerprint density at radius 1 is 1.15 bits per heavy atom. The van der Waals surface area contributed by atoms with Gasteiger partial charge in [0.05, 0.1) is 6.26 Å². The number of hydrogen-bond acceptors (Lipinski definition) is 6. The first kappa shape index (κ1) is 15.8.